The zero-order chi connectivity index (χ0) is 16.9. The third kappa shape index (κ3) is 3.50. The molecule has 24 heavy (non-hydrogen) atoms. The number of hydrogen-bond donors (Lipinski definition) is 0. The number of nitrogens with zero attached hydrogens (tertiary/aromatic N) is 3. The molecule has 5 nitrogen and oxygen atoms in total. The van der Waals surface area contributed by atoms with Gasteiger partial charge in [0.25, 0.3) is 0 Å². The van der Waals surface area contributed by atoms with Crippen LogP contribution in [0.5, 0.6) is 0 Å². The van der Waals surface area contributed by atoms with Crippen LogP contribution < -0.4 is 0 Å². The highest BCUT2D eigenvalue weighted by molar-refractivity contribution is 5.30. The molecule has 0 atom stereocenters. The van der Waals surface area contributed by atoms with Crippen molar-refractivity contribution >= 4 is 0 Å². The second-order valence-electron chi connectivity index (χ2n) is 6.08. The molecule has 126 valence electrons. The van der Waals surface area contributed by atoms with Crippen LogP contribution in [-0.2, 0) is 22.4 Å². The fourth-order valence-corrected chi connectivity index (χ4v) is 2.95. The molecule has 3 rings (SSSR count). The lowest BCUT2D eigenvalue weighted by Crippen LogP contribution is -2.07. The van der Waals surface area contributed by atoms with Crippen molar-refractivity contribution in [1.29, 1.82) is 5.26 Å². The van der Waals surface area contributed by atoms with Gasteiger partial charge >= 0.3 is 0 Å². The Hall–Kier alpha value is -2.16. The van der Waals surface area contributed by atoms with E-state index in [0.717, 1.165) is 42.9 Å². The van der Waals surface area contributed by atoms with Gasteiger partial charge in [-0.05, 0) is 18.9 Å². The number of benzene rings is 1. The number of nitriles is 1. The van der Waals surface area contributed by atoms with Gasteiger partial charge in [0.05, 0.1) is 18.9 Å². The molecule has 0 N–H and O–H groups in total. The largest absolute Gasteiger partial charge is 0.346 e. The number of ether oxygens (including phenoxy) is 2. The van der Waals surface area contributed by atoms with Crippen molar-refractivity contribution in [3.63, 3.8) is 0 Å². The summed E-state index contributed by atoms with van der Waals surface area (Å²) >= 11 is 0. The first-order valence-corrected chi connectivity index (χ1v) is 8.51. The first kappa shape index (κ1) is 16.7. The highest BCUT2D eigenvalue weighted by Gasteiger charge is 2.18. The fourth-order valence-electron chi connectivity index (χ4n) is 2.95. The van der Waals surface area contributed by atoms with E-state index >= 15 is 0 Å². The summed E-state index contributed by atoms with van der Waals surface area (Å²) < 4.78 is 13.2. The molecule has 1 aliphatic heterocycles. The quantitative estimate of drug-likeness (QED) is 0.815. The zero-order valence-corrected chi connectivity index (χ0v) is 14.3. The van der Waals surface area contributed by atoms with E-state index in [1.165, 1.54) is 5.56 Å². The molecule has 2 aromatic rings. The van der Waals surface area contributed by atoms with Gasteiger partial charge in [0, 0.05) is 18.5 Å². The summed E-state index contributed by atoms with van der Waals surface area (Å²) in [5, 5.41) is 9.25. The van der Waals surface area contributed by atoms with Crippen LogP contribution in [0.2, 0.25) is 0 Å². The SMILES string of the molecule is CCCCc1nc(C#N)c(C)n1Cc1ccc(C2OCCO2)cc1. The Morgan fingerprint density at radius 2 is 1.96 bits per heavy atom. The fraction of sp³-hybridized carbons (Fsp3) is 0.474. The Bertz CT molecular complexity index is 722. The third-order valence-corrected chi connectivity index (χ3v) is 4.37. The Morgan fingerprint density at radius 3 is 2.58 bits per heavy atom. The topological polar surface area (TPSA) is 60.1 Å². The monoisotopic (exact) mass is 325 g/mol. The minimum atomic E-state index is -0.237. The molecular formula is C19H23N3O2. The highest BCUT2D eigenvalue weighted by atomic mass is 16.7. The summed E-state index contributed by atoms with van der Waals surface area (Å²) in [6.45, 7) is 6.16. The molecule has 1 saturated heterocycles. The first-order chi connectivity index (χ1) is 11.7. The third-order valence-electron chi connectivity index (χ3n) is 4.37. The van der Waals surface area contributed by atoms with Crippen molar-refractivity contribution in [2.75, 3.05) is 13.2 Å². The molecule has 1 fully saturated rings. The highest BCUT2D eigenvalue weighted by Crippen LogP contribution is 2.24. The second kappa shape index (κ2) is 7.61. The van der Waals surface area contributed by atoms with E-state index in [4.69, 9.17) is 9.47 Å². The van der Waals surface area contributed by atoms with Gasteiger partial charge in [0.15, 0.2) is 12.0 Å². The number of imidazole rings is 1. The van der Waals surface area contributed by atoms with E-state index in [9.17, 15) is 5.26 Å². The summed E-state index contributed by atoms with van der Waals surface area (Å²) in [5.41, 5.74) is 3.70. The maximum atomic E-state index is 9.25. The average Bonchev–Trinajstić information content (AvgIpc) is 3.24. The minimum absolute atomic E-state index is 0.237. The summed E-state index contributed by atoms with van der Waals surface area (Å²) in [5.74, 6) is 0.998. The standard InChI is InChI=1S/C19H23N3O2/c1-3-4-5-18-21-17(12-20)14(2)22(18)13-15-6-8-16(9-7-15)19-23-10-11-24-19/h6-9,19H,3-5,10-11,13H2,1-2H3. The van der Waals surface area contributed by atoms with Gasteiger partial charge in [0.2, 0.25) is 0 Å². The van der Waals surface area contributed by atoms with Crippen molar-refractivity contribution in [2.24, 2.45) is 0 Å². The number of rotatable bonds is 6. The second-order valence-corrected chi connectivity index (χ2v) is 6.08. The molecule has 0 amide bonds. The zero-order valence-electron chi connectivity index (χ0n) is 14.3. The minimum Gasteiger partial charge on any atom is -0.346 e. The summed E-state index contributed by atoms with van der Waals surface area (Å²) in [6, 6.07) is 10.5. The first-order valence-electron chi connectivity index (χ1n) is 8.51. The van der Waals surface area contributed by atoms with Gasteiger partial charge < -0.3 is 14.0 Å². The maximum absolute atomic E-state index is 9.25. The van der Waals surface area contributed by atoms with Crippen LogP contribution in [0, 0.1) is 18.3 Å². The molecule has 1 aromatic carbocycles. The van der Waals surface area contributed by atoms with Crippen LogP contribution in [0.25, 0.3) is 0 Å². The van der Waals surface area contributed by atoms with Gasteiger partial charge in [-0.15, -0.1) is 0 Å². The molecule has 0 unspecified atom stereocenters. The lowest BCUT2D eigenvalue weighted by atomic mass is 10.1. The average molecular weight is 325 g/mol. The molecule has 1 aliphatic rings. The molecule has 0 radical (unpaired) electrons. The van der Waals surface area contributed by atoms with E-state index in [0.29, 0.717) is 18.9 Å². The van der Waals surface area contributed by atoms with Crippen LogP contribution in [0.3, 0.4) is 0 Å². The maximum Gasteiger partial charge on any atom is 0.184 e. The predicted molar refractivity (Wildman–Crippen MR) is 90.5 cm³/mol. The molecule has 5 heteroatoms. The van der Waals surface area contributed by atoms with Gasteiger partial charge in [-0.3, -0.25) is 0 Å². The van der Waals surface area contributed by atoms with E-state index < -0.39 is 0 Å². The Kier molecular flexibility index (Phi) is 5.29. The van der Waals surface area contributed by atoms with Crippen LogP contribution in [0.4, 0.5) is 0 Å². The van der Waals surface area contributed by atoms with Gasteiger partial charge in [-0.1, -0.05) is 37.6 Å². The molecule has 0 spiro atoms. The summed E-state index contributed by atoms with van der Waals surface area (Å²) in [7, 11) is 0. The van der Waals surface area contributed by atoms with Crippen LogP contribution >= 0.6 is 0 Å². The van der Waals surface area contributed by atoms with E-state index in [2.05, 4.69) is 46.8 Å². The van der Waals surface area contributed by atoms with Crippen molar-refractivity contribution < 1.29 is 9.47 Å². The summed E-state index contributed by atoms with van der Waals surface area (Å²) in [4.78, 5) is 4.50. The van der Waals surface area contributed by atoms with Gasteiger partial charge in [0.1, 0.15) is 11.9 Å². The molecule has 0 saturated carbocycles. The van der Waals surface area contributed by atoms with Gasteiger partial charge in [-0.25, -0.2) is 4.98 Å². The van der Waals surface area contributed by atoms with E-state index in [1.807, 2.05) is 6.92 Å². The van der Waals surface area contributed by atoms with E-state index in [-0.39, 0.29) is 6.29 Å². The molecule has 0 bridgehead atoms. The Morgan fingerprint density at radius 1 is 1.25 bits per heavy atom. The molecule has 2 heterocycles. The van der Waals surface area contributed by atoms with E-state index in [1.54, 1.807) is 0 Å². The lowest BCUT2D eigenvalue weighted by molar-refractivity contribution is -0.0441. The normalized spacial score (nSPS) is 14.9. The van der Waals surface area contributed by atoms with Crippen molar-refractivity contribution in [2.45, 2.75) is 45.9 Å². The van der Waals surface area contributed by atoms with Crippen molar-refractivity contribution in [3.8, 4) is 6.07 Å². The number of aromatic nitrogens is 2. The smallest absolute Gasteiger partial charge is 0.184 e. The van der Waals surface area contributed by atoms with Crippen LogP contribution in [0.15, 0.2) is 24.3 Å². The van der Waals surface area contributed by atoms with Crippen molar-refractivity contribution in [3.05, 3.63) is 52.6 Å². The Balaban J connectivity index is 1.79. The van der Waals surface area contributed by atoms with Crippen LogP contribution in [-0.4, -0.2) is 22.8 Å². The number of aryl methyl sites for hydroxylation is 1. The van der Waals surface area contributed by atoms with Gasteiger partial charge in [-0.2, -0.15) is 5.26 Å². The molecule has 1 aromatic heterocycles. The Labute approximate surface area is 142 Å². The number of hydrogen-bond acceptors (Lipinski definition) is 4. The summed E-state index contributed by atoms with van der Waals surface area (Å²) in [6.07, 6.45) is 2.86. The van der Waals surface area contributed by atoms with Crippen LogP contribution in [0.1, 0.15) is 54.4 Å². The number of unbranched alkanes of at least 4 members (excludes halogenated alkanes) is 1. The molecular weight excluding hydrogens is 302 g/mol. The van der Waals surface area contributed by atoms with Crippen molar-refractivity contribution in [1.82, 2.24) is 9.55 Å². The molecule has 0 aliphatic carbocycles. The lowest BCUT2D eigenvalue weighted by Gasteiger charge is -2.12. The predicted octanol–water partition coefficient (Wildman–Crippen LogP) is 3.50.